The average Bonchev–Trinajstić information content (AvgIpc) is 2.60. The van der Waals surface area contributed by atoms with Gasteiger partial charge in [0.15, 0.2) is 6.61 Å². The molecule has 0 saturated heterocycles. The number of hydrogen-bond donors (Lipinski definition) is 2. The fourth-order valence-corrected chi connectivity index (χ4v) is 2.16. The first-order valence-electron chi connectivity index (χ1n) is 8.45. The minimum absolute atomic E-state index is 0.161. The van der Waals surface area contributed by atoms with Gasteiger partial charge in [0, 0.05) is 18.3 Å². The molecule has 0 saturated carbocycles. The normalized spacial score (nSPS) is 10.2. The van der Waals surface area contributed by atoms with E-state index in [2.05, 4.69) is 10.6 Å². The number of rotatable bonds is 7. The molecular formula is C20H22N2O5. The summed E-state index contributed by atoms with van der Waals surface area (Å²) in [5.74, 6) is -0.398. The van der Waals surface area contributed by atoms with Crippen molar-refractivity contribution in [3.05, 3.63) is 54.1 Å². The summed E-state index contributed by atoms with van der Waals surface area (Å²) >= 11 is 0. The van der Waals surface area contributed by atoms with E-state index in [1.807, 2.05) is 0 Å². The molecule has 0 spiro atoms. The maximum absolute atomic E-state index is 12.0. The van der Waals surface area contributed by atoms with Crippen LogP contribution in [0.4, 0.5) is 11.4 Å². The van der Waals surface area contributed by atoms with Crippen LogP contribution in [0.1, 0.15) is 31.1 Å². The number of anilines is 2. The summed E-state index contributed by atoms with van der Waals surface area (Å²) in [6, 6.07) is 13.1. The Hall–Kier alpha value is -3.35. The highest BCUT2D eigenvalue weighted by atomic mass is 16.5. The van der Waals surface area contributed by atoms with E-state index in [-0.39, 0.29) is 24.5 Å². The van der Waals surface area contributed by atoms with Crippen LogP contribution in [0.3, 0.4) is 0 Å². The van der Waals surface area contributed by atoms with E-state index in [1.54, 1.807) is 62.4 Å². The standard InChI is InChI=1S/C20H22N2O5/c1-13(2)27-20(25)15-4-6-17(7-5-15)22-19(24)12-26-18-10-8-16(9-11-18)21-14(3)23/h4-11,13H,12H2,1-3H3,(H,21,23)(H,22,24). The van der Waals surface area contributed by atoms with Crippen molar-refractivity contribution in [3.63, 3.8) is 0 Å². The summed E-state index contributed by atoms with van der Waals surface area (Å²) in [6.45, 7) is 4.81. The first kappa shape index (κ1) is 20.0. The minimum atomic E-state index is -0.408. The number of ether oxygens (including phenoxy) is 2. The molecule has 7 heteroatoms. The Bertz CT molecular complexity index is 798. The zero-order chi connectivity index (χ0) is 19.8. The number of carbonyl (C=O) groups excluding carboxylic acids is 3. The Morgan fingerprint density at radius 3 is 2.00 bits per heavy atom. The van der Waals surface area contributed by atoms with E-state index < -0.39 is 5.97 Å². The van der Waals surface area contributed by atoms with E-state index in [0.29, 0.717) is 22.7 Å². The van der Waals surface area contributed by atoms with Crippen molar-refractivity contribution in [1.29, 1.82) is 0 Å². The van der Waals surface area contributed by atoms with Crippen LogP contribution in [0.15, 0.2) is 48.5 Å². The first-order chi connectivity index (χ1) is 12.8. The second kappa shape index (κ2) is 9.38. The lowest BCUT2D eigenvalue weighted by Crippen LogP contribution is -2.20. The van der Waals surface area contributed by atoms with Crippen molar-refractivity contribution in [3.8, 4) is 5.75 Å². The lowest BCUT2D eigenvalue weighted by Gasteiger charge is -2.10. The summed E-state index contributed by atoms with van der Waals surface area (Å²) in [7, 11) is 0. The molecule has 2 N–H and O–H groups in total. The highest BCUT2D eigenvalue weighted by Gasteiger charge is 2.10. The molecule has 7 nitrogen and oxygen atoms in total. The summed E-state index contributed by atoms with van der Waals surface area (Å²) in [5.41, 5.74) is 1.61. The van der Waals surface area contributed by atoms with Crippen molar-refractivity contribution in [2.75, 3.05) is 17.2 Å². The molecule has 0 atom stereocenters. The molecule has 0 aromatic heterocycles. The lowest BCUT2D eigenvalue weighted by molar-refractivity contribution is -0.118. The Kier molecular flexibility index (Phi) is 6.93. The molecule has 0 aliphatic rings. The molecule has 2 aromatic carbocycles. The zero-order valence-electron chi connectivity index (χ0n) is 15.4. The van der Waals surface area contributed by atoms with Gasteiger partial charge >= 0.3 is 5.97 Å². The number of benzene rings is 2. The van der Waals surface area contributed by atoms with Gasteiger partial charge in [-0.2, -0.15) is 0 Å². The number of amides is 2. The summed E-state index contributed by atoms with van der Waals surface area (Å²) < 4.78 is 10.5. The molecule has 2 aromatic rings. The van der Waals surface area contributed by atoms with Gasteiger partial charge in [0.1, 0.15) is 5.75 Å². The van der Waals surface area contributed by atoms with Crippen molar-refractivity contribution in [1.82, 2.24) is 0 Å². The molecule has 0 radical (unpaired) electrons. The highest BCUT2D eigenvalue weighted by molar-refractivity contribution is 5.93. The van der Waals surface area contributed by atoms with Crippen LogP contribution in [0.5, 0.6) is 5.75 Å². The van der Waals surface area contributed by atoms with E-state index >= 15 is 0 Å². The smallest absolute Gasteiger partial charge is 0.338 e. The van der Waals surface area contributed by atoms with Crippen LogP contribution in [0.25, 0.3) is 0 Å². The fourth-order valence-electron chi connectivity index (χ4n) is 2.16. The summed E-state index contributed by atoms with van der Waals surface area (Å²) in [4.78, 5) is 34.7. The number of nitrogens with one attached hydrogen (secondary N) is 2. The van der Waals surface area contributed by atoms with E-state index in [1.165, 1.54) is 6.92 Å². The third-order valence-corrected chi connectivity index (χ3v) is 3.29. The van der Waals surface area contributed by atoms with Gasteiger partial charge in [-0.3, -0.25) is 9.59 Å². The lowest BCUT2D eigenvalue weighted by atomic mass is 10.2. The molecule has 2 amide bonds. The van der Waals surface area contributed by atoms with Gasteiger partial charge in [0.25, 0.3) is 5.91 Å². The predicted octanol–water partition coefficient (Wildman–Crippen LogP) is 3.23. The quantitative estimate of drug-likeness (QED) is 0.730. The van der Waals surface area contributed by atoms with Crippen LogP contribution < -0.4 is 15.4 Å². The van der Waals surface area contributed by atoms with Crippen molar-refractivity contribution < 1.29 is 23.9 Å². The minimum Gasteiger partial charge on any atom is -0.484 e. The summed E-state index contributed by atoms with van der Waals surface area (Å²) in [6.07, 6.45) is -0.193. The monoisotopic (exact) mass is 370 g/mol. The molecule has 2 rings (SSSR count). The molecule has 0 fully saturated rings. The van der Waals surface area contributed by atoms with Crippen LogP contribution in [0.2, 0.25) is 0 Å². The van der Waals surface area contributed by atoms with Crippen LogP contribution in [-0.4, -0.2) is 30.5 Å². The van der Waals surface area contributed by atoms with E-state index in [9.17, 15) is 14.4 Å². The molecular weight excluding hydrogens is 348 g/mol. The van der Waals surface area contributed by atoms with Crippen molar-refractivity contribution in [2.24, 2.45) is 0 Å². The molecule has 0 aliphatic carbocycles. The van der Waals surface area contributed by atoms with Crippen LogP contribution >= 0.6 is 0 Å². The van der Waals surface area contributed by atoms with Gasteiger partial charge in [-0.1, -0.05) is 0 Å². The number of carbonyl (C=O) groups is 3. The number of hydrogen-bond acceptors (Lipinski definition) is 5. The third-order valence-electron chi connectivity index (χ3n) is 3.29. The molecule has 0 unspecified atom stereocenters. The largest absolute Gasteiger partial charge is 0.484 e. The van der Waals surface area contributed by atoms with E-state index in [4.69, 9.17) is 9.47 Å². The maximum atomic E-state index is 12.0. The average molecular weight is 370 g/mol. The Labute approximate surface area is 157 Å². The first-order valence-corrected chi connectivity index (χ1v) is 8.45. The van der Waals surface area contributed by atoms with Gasteiger partial charge in [-0.05, 0) is 62.4 Å². The van der Waals surface area contributed by atoms with Crippen molar-refractivity contribution in [2.45, 2.75) is 26.9 Å². The molecule has 0 aliphatic heterocycles. The molecule has 27 heavy (non-hydrogen) atoms. The maximum Gasteiger partial charge on any atom is 0.338 e. The molecule has 0 heterocycles. The SMILES string of the molecule is CC(=O)Nc1ccc(OCC(=O)Nc2ccc(C(=O)OC(C)C)cc2)cc1. The Morgan fingerprint density at radius 1 is 0.889 bits per heavy atom. The second-order valence-electron chi connectivity index (χ2n) is 6.07. The van der Waals surface area contributed by atoms with Gasteiger partial charge in [-0.25, -0.2) is 4.79 Å². The zero-order valence-corrected chi connectivity index (χ0v) is 15.4. The van der Waals surface area contributed by atoms with Gasteiger partial charge in [0.2, 0.25) is 5.91 Å². The number of esters is 1. The Morgan fingerprint density at radius 2 is 1.44 bits per heavy atom. The highest BCUT2D eigenvalue weighted by Crippen LogP contribution is 2.16. The van der Waals surface area contributed by atoms with Gasteiger partial charge in [-0.15, -0.1) is 0 Å². The van der Waals surface area contributed by atoms with Crippen LogP contribution in [-0.2, 0) is 14.3 Å². The topological polar surface area (TPSA) is 93.7 Å². The van der Waals surface area contributed by atoms with Gasteiger partial charge < -0.3 is 20.1 Å². The van der Waals surface area contributed by atoms with E-state index in [0.717, 1.165) is 0 Å². The second-order valence-corrected chi connectivity index (χ2v) is 6.07. The predicted molar refractivity (Wildman–Crippen MR) is 102 cm³/mol. The molecule has 0 bridgehead atoms. The fraction of sp³-hybridized carbons (Fsp3) is 0.250. The van der Waals surface area contributed by atoms with Crippen molar-refractivity contribution >= 4 is 29.2 Å². The third kappa shape index (κ3) is 6.81. The van der Waals surface area contributed by atoms with Gasteiger partial charge in [0.05, 0.1) is 11.7 Å². The Balaban J connectivity index is 1.83. The van der Waals surface area contributed by atoms with Crippen LogP contribution in [0, 0.1) is 0 Å². The molecule has 142 valence electrons. The summed E-state index contributed by atoms with van der Waals surface area (Å²) in [5, 5.41) is 5.33.